The molecule has 13 heavy (non-hydrogen) atoms. The normalized spacial score (nSPS) is 23.9. The molecule has 0 saturated carbocycles. The van der Waals surface area contributed by atoms with Gasteiger partial charge in [-0.15, -0.1) is 0 Å². The fourth-order valence-corrected chi connectivity index (χ4v) is 1.80. The average Bonchev–Trinajstić information content (AvgIpc) is 2.64. The molecule has 1 aromatic rings. The zero-order valence-electron chi connectivity index (χ0n) is 7.73. The zero-order chi connectivity index (χ0) is 9.26. The molecule has 1 unspecified atom stereocenters. The van der Waals surface area contributed by atoms with Crippen LogP contribution in [-0.2, 0) is 6.42 Å². The van der Waals surface area contributed by atoms with E-state index in [2.05, 4.69) is 22.1 Å². The molecule has 1 saturated heterocycles. The van der Waals surface area contributed by atoms with Crippen molar-refractivity contribution in [1.29, 1.82) is 0 Å². The van der Waals surface area contributed by atoms with Crippen molar-refractivity contribution in [2.45, 2.75) is 25.3 Å². The molecule has 0 amide bonds. The second-order valence-electron chi connectivity index (χ2n) is 3.53. The summed E-state index contributed by atoms with van der Waals surface area (Å²) < 4.78 is 4.71. The van der Waals surface area contributed by atoms with Gasteiger partial charge in [-0.1, -0.05) is 5.16 Å². The van der Waals surface area contributed by atoms with E-state index in [1.807, 2.05) is 0 Å². The molecule has 0 bridgehead atoms. The van der Waals surface area contributed by atoms with E-state index >= 15 is 0 Å². The minimum Gasteiger partial charge on any atom is -0.351 e. The van der Waals surface area contributed by atoms with E-state index in [0.29, 0.717) is 6.04 Å². The van der Waals surface area contributed by atoms with Gasteiger partial charge in [0.05, 0.1) is 0 Å². The summed E-state index contributed by atoms with van der Waals surface area (Å²) in [5, 5.41) is 3.78. The molecule has 72 valence electrons. The predicted octanol–water partition coefficient (Wildman–Crippen LogP) is 0.288. The van der Waals surface area contributed by atoms with Crippen LogP contribution in [0.3, 0.4) is 0 Å². The van der Waals surface area contributed by atoms with Gasteiger partial charge in [-0.3, -0.25) is 0 Å². The molecule has 0 radical (unpaired) electrons. The lowest BCUT2D eigenvalue weighted by molar-refractivity contribution is 0.302. The van der Waals surface area contributed by atoms with Gasteiger partial charge in [0.15, 0.2) is 5.82 Å². The Morgan fingerprint density at radius 2 is 2.54 bits per heavy atom. The zero-order valence-corrected chi connectivity index (χ0v) is 7.73. The quantitative estimate of drug-likeness (QED) is 0.712. The first kappa shape index (κ1) is 8.50. The van der Waals surface area contributed by atoms with Crippen LogP contribution in [0.25, 0.3) is 0 Å². The highest BCUT2D eigenvalue weighted by Gasteiger charge is 2.22. The fourth-order valence-electron chi connectivity index (χ4n) is 1.80. The van der Waals surface area contributed by atoms with Gasteiger partial charge in [-0.2, -0.15) is 4.98 Å². The van der Waals surface area contributed by atoms with Crippen molar-refractivity contribution in [3.8, 4) is 0 Å². The molecule has 1 aliphatic heterocycles. The van der Waals surface area contributed by atoms with Crippen LogP contribution in [0.1, 0.15) is 18.7 Å². The first-order valence-corrected chi connectivity index (χ1v) is 4.54. The summed E-state index contributed by atoms with van der Waals surface area (Å²) in [6.45, 7) is 1.16. The largest absolute Gasteiger partial charge is 0.351 e. The number of likely N-dealkylation sites (N-methyl/N-ethyl adjacent to an activating group) is 1. The maximum Gasteiger partial charge on any atom is 0.318 e. The average molecular weight is 182 g/mol. The van der Waals surface area contributed by atoms with Crippen molar-refractivity contribution in [3.05, 3.63) is 5.82 Å². The van der Waals surface area contributed by atoms with Crippen molar-refractivity contribution in [2.24, 2.45) is 0 Å². The lowest BCUT2D eigenvalue weighted by Gasteiger charge is -2.16. The van der Waals surface area contributed by atoms with Gasteiger partial charge in [0.25, 0.3) is 0 Å². The van der Waals surface area contributed by atoms with Crippen LogP contribution in [0.15, 0.2) is 4.52 Å². The monoisotopic (exact) mass is 182 g/mol. The highest BCUT2D eigenvalue weighted by molar-refractivity contribution is 5.08. The van der Waals surface area contributed by atoms with Crippen molar-refractivity contribution in [3.63, 3.8) is 0 Å². The Morgan fingerprint density at radius 1 is 1.69 bits per heavy atom. The molecule has 0 aliphatic carbocycles. The van der Waals surface area contributed by atoms with E-state index in [-0.39, 0.29) is 6.01 Å². The Hall–Kier alpha value is -1.10. The molecule has 1 atom stereocenters. The summed E-state index contributed by atoms with van der Waals surface area (Å²) in [4.78, 5) is 6.31. The Bertz CT molecular complexity index is 285. The minimum absolute atomic E-state index is 0.163. The van der Waals surface area contributed by atoms with Crippen molar-refractivity contribution in [2.75, 3.05) is 19.3 Å². The molecular formula is C8H14N4O. The van der Waals surface area contributed by atoms with Gasteiger partial charge in [-0.25, -0.2) is 0 Å². The number of hydrogen-bond acceptors (Lipinski definition) is 5. The Morgan fingerprint density at radius 3 is 3.08 bits per heavy atom. The molecule has 1 fully saturated rings. The van der Waals surface area contributed by atoms with Crippen LogP contribution < -0.4 is 5.73 Å². The Kier molecular flexibility index (Phi) is 2.18. The molecule has 0 aromatic carbocycles. The van der Waals surface area contributed by atoms with E-state index in [4.69, 9.17) is 10.3 Å². The number of likely N-dealkylation sites (tertiary alicyclic amines) is 1. The fraction of sp³-hybridized carbons (Fsp3) is 0.750. The van der Waals surface area contributed by atoms with Gasteiger partial charge < -0.3 is 15.2 Å². The lowest BCUT2D eigenvalue weighted by Crippen LogP contribution is -2.27. The summed E-state index contributed by atoms with van der Waals surface area (Å²) in [6.07, 6.45) is 3.32. The number of nitrogens with zero attached hydrogens (tertiary/aromatic N) is 3. The summed E-state index contributed by atoms with van der Waals surface area (Å²) in [6, 6.07) is 0.715. The highest BCUT2D eigenvalue weighted by Crippen LogP contribution is 2.17. The van der Waals surface area contributed by atoms with Gasteiger partial charge in [-0.05, 0) is 26.4 Å². The third-order valence-electron chi connectivity index (χ3n) is 2.57. The van der Waals surface area contributed by atoms with Gasteiger partial charge in [0, 0.05) is 12.5 Å². The van der Waals surface area contributed by atoms with Crippen LogP contribution in [0, 0.1) is 0 Å². The number of aromatic nitrogens is 2. The first-order valence-electron chi connectivity index (χ1n) is 4.54. The van der Waals surface area contributed by atoms with E-state index in [1.165, 1.54) is 12.8 Å². The number of nitrogens with two attached hydrogens (primary N) is 1. The van der Waals surface area contributed by atoms with E-state index in [0.717, 1.165) is 18.8 Å². The maximum absolute atomic E-state index is 5.33. The standard InChI is InChI=1S/C8H14N4O/c1-12-4-2-3-6(12)5-7-10-8(9)13-11-7/h6H,2-5H2,1H3,(H2,9,10,11). The van der Waals surface area contributed by atoms with Gasteiger partial charge >= 0.3 is 6.01 Å². The summed E-state index contributed by atoms with van der Waals surface area (Å²) >= 11 is 0. The molecule has 5 nitrogen and oxygen atoms in total. The summed E-state index contributed by atoms with van der Waals surface area (Å²) in [5.41, 5.74) is 5.33. The van der Waals surface area contributed by atoms with Gasteiger partial charge in [0.1, 0.15) is 0 Å². The van der Waals surface area contributed by atoms with Gasteiger partial charge in [0.2, 0.25) is 0 Å². The second-order valence-corrected chi connectivity index (χ2v) is 3.53. The molecule has 1 aromatic heterocycles. The van der Waals surface area contributed by atoms with Crippen LogP contribution in [-0.4, -0.2) is 34.7 Å². The second kappa shape index (κ2) is 3.33. The Labute approximate surface area is 76.9 Å². The van der Waals surface area contributed by atoms with Crippen molar-refractivity contribution in [1.82, 2.24) is 15.0 Å². The maximum atomic E-state index is 5.33. The number of anilines is 1. The predicted molar refractivity (Wildman–Crippen MR) is 48.1 cm³/mol. The van der Waals surface area contributed by atoms with Crippen LogP contribution in [0.4, 0.5) is 6.01 Å². The lowest BCUT2D eigenvalue weighted by atomic mass is 10.1. The SMILES string of the molecule is CN1CCCC1Cc1noc(N)n1. The van der Waals surface area contributed by atoms with Crippen LogP contribution in [0.5, 0.6) is 0 Å². The molecule has 2 N–H and O–H groups in total. The molecule has 0 spiro atoms. The topological polar surface area (TPSA) is 68.2 Å². The van der Waals surface area contributed by atoms with E-state index in [1.54, 1.807) is 0 Å². The van der Waals surface area contributed by atoms with Crippen LogP contribution in [0.2, 0.25) is 0 Å². The minimum atomic E-state index is 0.163. The smallest absolute Gasteiger partial charge is 0.318 e. The highest BCUT2D eigenvalue weighted by atomic mass is 16.5. The summed E-state index contributed by atoms with van der Waals surface area (Å²) in [7, 11) is 2.13. The Balaban J connectivity index is 1.97. The molecule has 5 heteroatoms. The van der Waals surface area contributed by atoms with Crippen molar-refractivity contribution >= 4 is 6.01 Å². The van der Waals surface area contributed by atoms with Crippen LogP contribution >= 0.6 is 0 Å². The third kappa shape index (κ3) is 1.80. The van der Waals surface area contributed by atoms with Crippen molar-refractivity contribution < 1.29 is 4.52 Å². The third-order valence-corrected chi connectivity index (χ3v) is 2.57. The number of nitrogen functional groups attached to an aromatic ring is 1. The van der Waals surface area contributed by atoms with E-state index < -0.39 is 0 Å². The number of rotatable bonds is 2. The molecule has 2 rings (SSSR count). The first-order chi connectivity index (χ1) is 6.25. The molecular weight excluding hydrogens is 168 g/mol. The molecule has 1 aliphatic rings. The molecule has 2 heterocycles. The van der Waals surface area contributed by atoms with E-state index in [9.17, 15) is 0 Å². The number of hydrogen-bond donors (Lipinski definition) is 1. The summed E-state index contributed by atoms with van der Waals surface area (Å²) in [5.74, 6) is 0.719.